The van der Waals surface area contributed by atoms with Crippen LogP contribution in [0.2, 0.25) is 0 Å². The van der Waals surface area contributed by atoms with Gasteiger partial charge in [0, 0.05) is 17.5 Å². The van der Waals surface area contributed by atoms with Crippen LogP contribution < -0.4 is 4.57 Å². The zero-order valence-electron chi connectivity index (χ0n) is 13.3. The largest absolute Gasteiger partial charge is 0.205 e. The Morgan fingerprint density at radius 3 is 1.74 bits per heavy atom. The molecule has 0 spiro atoms. The van der Waals surface area contributed by atoms with E-state index in [1.54, 1.807) is 0 Å². The molecule has 1 aromatic rings. The molecule has 0 amide bonds. The SMILES string of the molecule is CCCCC[n+]1cc(CCCC)cc(CCCC)c1. The third-order valence-electron chi connectivity index (χ3n) is 3.69. The standard InChI is InChI=1S/C18H32N/c1-4-7-10-13-19-15-17(11-8-5-2)14-18(16-19)12-9-6-3/h14-16H,4-13H2,1-3H3/q+1. The minimum absolute atomic E-state index is 1.19. The maximum atomic E-state index is 2.44. The zero-order valence-corrected chi connectivity index (χ0v) is 13.3. The summed E-state index contributed by atoms with van der Waals surface area (Å²) >= 11 is 0. The third-order valence-corrected chi connectivity index (χ3v) is 3.69. The Bertz CT molecular complexity index is 317. The highest BCUT2D eigenvalue weighted by Gasteiger charge is 2.07. The summed E-state index contributed by atoms with van der Waals surface area (Å²) in [5, 5.41) is 0. The van der Waals surface area contributed by atoms with E-state index in [9.17, 15) is 0 Å². The lowest BCUT2D eigenvalue weighted by Gasteiger charge is -2.05. The fourth-order valence-electron chi connectivity index (χ4n) is 2.48. The van der Waals surface area contributed by atoms with Crippen molar-refractivity contribution >= 4 is 0 Å². The summed E-state index contributed by atoms with van der Waals surface area (Å²) < 4.78 is 2.44. The zero-order chi connectivity index (χ0) is 13.9. The van der Waals surface area contributed by atoms with Gasteiger partial charge >= 0.3 is 0 Å². The van der Waals surface area contributed by atoms with Crippen LogP contribution in [0, 0.1) is 0 Å². The first kappa shape index (κ1) is 16.2. The van der Waals surface area contributed by atoms with Gasteiger partial charge in [-0.25, -0.2) is 4.57 Å². The molecule has 0 atom stereocenters. The van der Waals surface area contributed by atoms with Gasteiger partial charge in [-0.1, -0.05) is 40.0 Å². The Kier molecular flexibility index (Phi) is 8.53. The molecule has 0 aliphatic rings. The molecule has 0 bridgehead atoms. The summed E-state index contributed by atoms with van der Waals surface area (Å²) in [7, 11) is 0. The lowest BCUT2D eigenvalue weighted by molar-refractivity contribution is -0.698. The average molecular weight is 262 g/mol. The van der Waals surface area contributed by atoms with Crippen LogP contribution in [-0.4, -0.2) is 0 Å². The number of nitrogens with zero attached hydrogens (tertiary/aromatic N) is 1. The Morgan fingerprint density at radius 2 is 1.26 bits per heavy atom. The number of hydrogen-bond donors (Lipinski definition) is 0. The van der Waals surface area contributed by atoms with Gasteiger partial charge in [-0.15, -0.1) is 0 Å². The van der Waals surface area contributed by atoms with Gasteiger partial charge < -0.3 is 0 Å². The van der Waals surface area contributed by atoms with E-state index in [-0.39, 0.29) is 0 Å². The monoisotopic (exact) mass is 262 g/mol. The Morgan fingerprint density at radius 1 is 0.737 bits per heavy atom. The van der Waals surface area contributed by atoms with Crippen LogP contribution in [0.1, 0.15) is 76.8 Å². The summed E-state index contributed by atoms with van der Waals surface area (Å²) in [6, 6.07) is 2.43. The fraction of sp³-hybridized carbons (Fsp3) is 0.722. The molecule has 1 rings (SSSR count). The molecule has 0 N–H and O–H groups in total. The van der Waals surface area contributed by atoms with E-state index < -0.39 is 0 Å². The molecule has 0 radical (unpaired) electrons. The van der Waals surface area contributed by atoms with Crippen molar-refractivity contribution in [1.82, 2.24) is 0 Å². The molecule has 0 aliphatic carbocycles. The molecule has 0 unspecified atom stereocenters. The molecular weight excluding hydrogens is 230 g/mol. The lowest BCUT2D eigenvalue weighted by Crippen LogP contribution is -2.34. The van der Waals surface area contributed by atoms with Gasteiger partial charge in [0.25, 0.3) is 0 Å². The van der Waals surface area contributed by atoms with Crippen LogP contribution in [0.3, 0.4) is 0 Å². The Balaban J connectivity index is 2.70. The van der Waals surface area contributed by atoms with Gasteiger partial charge in [0.1, 0.15) is 6.54 Å². The van der Waals surface area contributed by atoms with Crippen molar-refractivity contribution in [2.45, 2.75) is 85.1 Å². The van der Waals surface area contributed by atoms with Gasteiger partial charge in [-0.05, 0) is 38.2 Å². The van der Waals surface area contributed by atoms with Crippen LogP contribution in [0.15, 0.2) is 18.5 Å². The highest BCUT2D eigenvalue weighted by atomic mass is 14.9. The number of rotatable bonds is 10. The number of aryl methyl sites for hydroxylation is 3. The van der Waals surface area contributed by atoms with Gasteiger partial charge in [0.2, 0.25) is 0 Å². The van der Waals surface area contributed by atoms with Crippen LogP contribution in [0.25, 0.3) is 0 Å². The predicted octanol–water partition coefficient (Wildman–Crippen LogP) is 4.85. The molecule has 1 aromatic heterocycles. The molecule has 1 nitrogen and oxygen atoms in total. The second-order valence-corrected chi connectivity index (χ2v) is 5.70. The van der Waals surface area contributed by atoms with Crippen LogP contribution in [0.4, 0.5) is 0 Å². The predicted molar refractivity (Wildman–Crippen MR) is 83.4 cm³/mol. The van der Waals surface area contributed by atoms with Crippen LogP contribution in [0.5, 0.6) is 0 Å². The van der Waals surface area contributed by atoms with E-state index >= 15 is 0 Å². The van der Waals surface area contributed by atoms with Crippen molar-refractivity contribution in [3.63, 3.8) is 0 Å². The van der Waals surface area contributed by atoms with E-state index in [1.807, 2.05) is 0 Å². The number of pyridine rings is 1. The second-order valence-electron chi connectivity index (χ2n) is 5.70. The number of aromatic nitrogens is 1. The molecule has 19 heavy (non-hydrogen) atoms. The Labute approximate surface area is 120 Å². The van der Waals surface area contributed by atoms with E-state index in [0.717, 1.165) is 0 Å². The quantitative estimate of drug-likeness (QED) is 0.419. The van der Waals surface area contributed by atoms with Crippen molar-refractivity contribution in [3.05, 3.63) is 29.6 Å². The van der Waals surface area contributed by atoms with Crippen LogP contribution >= 0.6 is 0 Å². The summed E-state index contributed by atoms with van der Waals surface area (Å²) in [6.45, 7) is 8.01. The van der Waals surface area contributed by atoms with Crippen molar-refractivity contribution < 1.29 is 4.57 Å². The number of hydrogen-bond acceptors (Lipinski definition) is 0. The minimum atomic E-state index is 1.19. The molecule has 1 heteroatoms. The van der Waals surface area contributed by atoms with Crippen molar-refractivity contribution in [1.29, 1.82) is 0 Å². The molecule has 0 saturated carbocycles. The van der Waals surface area contributed by atoms with Crippen molar-refractivity contribution in [2.24, 2.45) is 0 Å². The summed E-state index contributed by atoms with van der Waals surface area (Å²) in [5.74, 6) is 0. The minimum Gasteiger partial charge on any atom is -0.205 e. The molecule has 0 saturated heterocycles. The van der Waals surface area contributed by atoms with Gasteiger partial charge in [0.05, 0.1) is 0 Å². The molecule has 0 aliphatic heterocycles. The lowest BCUT2D eigenvalue weighted by atomic mass is 10.0. The molecule has 0 aromatic carbocycles. The topological polar surface area (TPSA) is 3.88 Å². The Hall–Kier alpha value is -0.850. The van der Waals surface area contributed by atoms with Gasteiger partial charge in [-0.3, -0.25) is 0 Å². The van der Waals surface area contributed by atoms with E-state index in [0.29, 0.717) is 0 Å². The highest BCUT2D eigenvalue weighted by molar-refractivity contribution is 5.15. The maximum absolute atomic E-state index is 2.44. The highest BCUT2D eigenvalue weighted by Crippen LogP contribution is 2.09. The van der Waals surface area contributed by atoms with Crippen molar-refractivity contribution in [3.8, 4) is 0 Å². The first-order chi connectivity index (χ1) is 9.30. The number of unbranched alkanes of at least 4 members (excludes halogenated alkanes) is 4. The first-order valence-corrected chi connectivity index (χ1v) is 8.32. The van der Waals surface area contributed by atoms with E-state index in [1.165, 1.54) is 75.5 Å². The van der Waals surface area contributed by atoms with E-state index in [4.69, 9.17) is 0 Å². The van der Waals surface area contributed by atoms with Crippen molar-refractivity contribution in [2.75, 3.05) is 0 Å². The molecule has 1 heterocycles. The smallest absolute Gasteiger partial charge is 0.171 e. The first-order valence-electron chi connectivity index (χ1n) is 8.32. The van der Waals surface area contributed by atoms with Gasteiger partial charge in [-0.2, -0.15) is 0 Å². The second kappa shape index (κ2) is 10.00. The normalized spacial score (nSPS) is 10.9. The molecular formula is C18H32N+. The van der Waals surface area contributed by atoms with Gasteiger partial charge in [0.15, 0.2) is 12.4 Å². The fourth-order valence-corrected chi connectivity index (χ4v) is 2.48. The molecule has 108 valence electrons. The third kappa shape index (κ3) is 6.75. The van der Waals surface area contributed by atoms with E-state index in [2.05, 4.69) is 43.8 Å². The average Bonchev–Trinajstić information content (AvgIpc) is 2.43. The molecule has 0 fully saturated rings. The van der Waals surface area contributed by atoms with Crippen LogP contribution in [-0.2, 0) is 19.4 Å². The summed E-state index contributed by atoms with van der Waals surface area (Å²) in [4.78, 5) is 0. The summed E-state index contributed by atoms with van der Waals surface area (Å²) in [6.07, 6.45) is 16.4. The summed E-state index contributed by atoms with van der Waals surface area (Å²) in [5.41, 5.74) is 3.07. The maximum Gasteiger partial charge on any atom is 0.171 e.